The second kappa shape index (κ2) is 8.91. The van der Waals surface area contributed by atoms with Crippen molar-refractivity contribution < 1.29 is 9.59 Å². The van der Waals surface area contributed by atoms with Gasteiger partial charge in [0.2, 0.25) is 0 Å². The van der Waals surface area contributed by atoms with Gasteiger partial charge >= 0.3 is 6.03 Å². The highest BCUT2D eigenvalue weighted by atomic mass is 32.1. The standard InChI is InChI=1S/C17H27N3O2S/c1-13(2)4-3-8-18-17(22)20-9-5-15(6-10-20)19-16(21)14-7-11-23-12-14/h7,11-13,15H,3-6,8-10H2,1-2H3,(H,18,22)(H,19,21). The third-order valence-electron chi connectivity index (χ3n) is 4.14. The third-order valence-corrected chi connectivity index (χ3v) is 4.82. The lowest BCUT2D eigenvalue weighted by Crippen LogP contribution is -2.49. The highest BCUT2D eigenvalue weighted by molar-refractivity contribution is 7.08. The lowest BCUT2D eigenvalue weighted by molar-refractivity contribution is 0.0918. The number of rotatable bonds is 6. The maximum atomic E-state index is 12.1. The van der Waals surface area contributed by atoms with E-state index < -0.39 is 0 Å². The molecule has 0 aliphatic carbocycles. The molecule has 0 unspecified atom stereocenters. The van der Waals surface area contributed by atoms with E-state index in [1.807, 2.05) is 21.7 Å². The number of likely N-dealkylation sites (tertiary alicyclic amines) is 1. The molecule has 0 atom stereocenters. The summed E-state index contributed by atoms with van der Waals surface area (Å²) in [7, 11) is 0. The third kappa shape index (κ3) is 5.86. The molecule has 1 saturated heterocycles. The molecular formula is C17H27N3O2S. The molecule has 2 N–H and O–H groups in total. The van der Waals surface area contributed by atoms with Crippen molar-refractivity contribution in [1.29, 1.82) is 0 Å². The van der Waals surface area contributed by atoms with Crippen molar-refractivity contribution in [2.75, 3.05) is 19.6 Å². The molecule has 1 aliphatic heterocycles. The van der Waals surface area contributed by atoms with Crippen LogP contribution < -0.4 is 10.6 Å². The van der Waals surface area contributed by atoms with Gasteiger partial charge < -0.3 is 15.5 Å². The van der Waals surface area contributed by atoms with Crippen LogP contribution in [0, 0.1) is 5.92 Å². The predicted octanol–water partition coefficient (Wildman–Crippen LogP) is 3.09. The van der Waals surface area contributed by atoms with Gasteiger partial charge in [0.05, 0.1) is 0 Å². The minimum atomic E-state index is -0.0113. The van der Waals surface area contributed by atoms with Gasteiger partial charge in [-0.1, -0.05) is 13.8 Å². The zero-order valence-electron chi connectivity index (χ0n) is 14.0. The molecule has 128 valence electrons. The molecule has 1 aromatic heterocycles. The zero-order valence-corrected chi connectivity index (χ0v) is 14.8. The Balaban J connectivity index is 1.65. The number of piperidine rings is 1. The molecular weight excluding hydrogens is 310 g/mol. The minimum absolute atomic E-state index is 0.0113. The smallest absolute Gasteiger partial charge is 0.317 e. The van der Waals surface area contributed by atoms with Crippen molar-refractivity contribution in [1.82, 2.24) is 15.5 Å². The molecule has 0 radical (unpaired) electrons. The Kier molecular flexibility index (Phi) is 6.89. The molecule has 5 nitrogen and oxygen atoms in total. The van der Waals surface area contributed by atoms with Gasteiger partial charge in [-0.05, 0) is 43.0 Å². The fraction of sp³-hybridized carbons (Fsp3) is 0.647. The van der Waals surface area contributed by atoms with E-state index in [1.165, 1.54) is 11.3 Å². The van der Waals surface area contributed by atoms with E-state index in [-0.39, 0.29) is 18.0 Å². The Labute approximate surface area is 142 Å². The summed E-state index contributed by atoms with van der Waals surface area (Å²) in [6, 6.07) is 2.02. The number of nitrogens with one attached hydrogen (secondary N) is 2. The Bertz CT molecular complexity index is 494. The van der Waals surface area contributed by atoms with E-state index in [2.05, 4.69) is 24.5 Å². The van der Waals surface area contributed by atoms with Crippen molar-refractivity contribution in [3.05, 3.63) is 22.4 Å². The molecule has 0 spiro atoms. The highest BCUT2D eigenvalue weighted by Crippen LogP contribution is 2.13. The van der Waals surface area contributed by atoms with E-state index in [4.69, 9.17) is 0 Å². The van der Waals surface area contributed by atoms with Crippen LogP contribution in [-0.4, -0.2) is 42.5 Å². The number of hydrogen-bond donors (Lipinski definition) is 2. The van der Waals surface area contributed by atoms with Crippen LogP contribution in [-0.2, 0) is 0 Å². The molecule has 0 saturated carbocycles. The van der Waals surface area contributed by atoms with Gasteiger partial charge in [0, 0.05) is 36.6 Å². The van der Waals surface area contributed by atoms with E-state index >= 15 is 0 Å². The average Bonchev–Trinajstić information content (AvgIpc) is 3.06. The molecule has 1 fully saturated rings. The Morgan fingerprint density at radius 3 is 2.70 bits per heavy atom. The van der Waals surface area contributed by atoms with E-state index in [9.17, 15) is 9.59 Å². The first-order valence-corrected chi connectivity index (χ1v) is 9.36. The van der Waals surface area contributed by atoms with Crippen LogP contribution in [0.3, 0.4) is 0 Å². The average molecular weight is 337 g/mol. The van der Waals surface area contributed by atoms with Crippen LogP contribution in [0.4, 0.5) is 4.79 Å². The number of carbonyl (C=O) groups excluding carboxylic acids is 2. The summed E-state index contributed by atoms with van der Waals surface area (Å²) in [4.78, 5) is 26.0. The topological polar surface area (TPSA) is 61.4 Å². The molecule has 6 heteroatoms. The lowest BCUT2D eigenvalue weighted by Gasteiger charge is -2.32. The summed E-state index contributed by atoms with van der Waals surface area (Å²) >= 11 is 1.52. The van der Waals surface area contributed by atoms with Crippen molar-refractivity contribution >= 4 is 23.3 Å². The monoisotopic (exact) mass is 337 g/mol. The molecule has 0 bridgehead atoms. The first kappa shape index (κ1) is 17.8. The SMILES string of the molecule is CC(C)CCCNC(=O)N1CCC(NC(=O)c2ccsc2)CC1. The lowest BCUT2D eigenvalue weighted by atomic mass is 10.0. The van der Waals surface area contributed by atoms with E-state index in [0.717, 1.165) is 37.8 Å². The maximum absolute atomic E-state index is 12.1. The Morgan fingerprint density at radius 2 is 2.09 bits per heavy atom. The summed E-state index contributed by atoms with van der Waals surface area (Å²) < 4.78 is 0. The molecule has 0 aromatic carbocycles. The van der Waals surface area contributed by atoms with Crippen molar-refractivity contribution in [2.45, 2.75) is 45.6 Å². The molecule has 23 heavy (non-hydrogen) atoms. The molecule has 2 rings (SSSR count). The summed E-state index contributed by atoms with van der Waals surface area (Å²) in [6.07, 6.45) is 3.79. The maximum Gasteiger partial charge on any atom is 0.317 e. The van der Waals surface area contributed by atoms with Crippen molar-refractivity contribution in [3.63, 3.8) is 0 Å². The fourth-order valence-corrected chi connectivity index (χ4v) is 3.34. The molecule has 1 aromatic rings. The second-order valence-electron chi connectivity index (χ2n) is 6.51. The Hall–Kier alpha value is -1.56. The quantitative estimate of drug-likeness (QED) is 0.784. The summed E-state index contributed by atoms with van der Waals surface area (Å²) in [5, 5.41) is 9.80. The number of thiophene rings is 1. The first-order valence-electron chi connectivity index (χ1n) is 8.42. The van der Waals surface area contributed by atoms with Crippen molar-refractivity contribution in [2.24, 2.45) is 5.92 Å². The highest BCUT2D eigenvalue weighted by Gasteiger charge is 2.23. The number of carbonyl (C=O) groups is 2. The van der Waals surface area contributed by atoms with Gasteiger partial charge in [-0.3, -0.25) is 4.79 Å². The van der Waals surface area contributed by atoms with Crippen molar-refractivity contribution in [3.8, 4) is 0 Å². The molecule has 2 heterocycles. The van der Waals surface area contributed by atoms with Crippen LogP contribution in [0.25, 0.3) is 0 Å². The fourth-order valence-electron chi connectivity index (χ4n) is 2.71. The zero-order chi connectivity index (χ0) is 16.7. The van der Waals surface area contributed by atoms with Crippen LogP contribution in [0.1, 0.15) is 49.9 Å². The summed E-state index contributed by atoms with van der Waals surface area (Å²) in [6.45, 7) is 6.52. The second-order valence-corrected chi connectivity index (χ2v) is 7.29. The van der Waals surface area contributed by atoms with Gasteiger partial charge in [0.15, 0.2) is 0 Å². The van der Waals surface area contributed by atoms with Gasteiger partial charge in [-0.15, -0.1) is 0 Å². The van der Waals surface area contributed by atoms with Gasteiger partial charge in [0.25, 0.3) is 5.91 Å². The largest absolute Gasteiger partial charge is 0.349 e. The number of hydrogen-bond acceptors (Lipinski definition) is 3. The van der Waals surface area contributed by atoms with E-state index in [0.29, 0.717) is 19.0 Å². The minimum Gasteiger partial charge on any atom is -0.349 e. The van der Waals surface area contributed by atoms with Crippen LogP contribution in [0.5, 0.6) is 0 Å². The number of nitrogens with zero attached hydrogens (tertiary/aromatic N) is 1. The number of amides is 3. The molecule has 1 aliphatic rings. The summed E-state index contributed by atoms with van der Waals surface area (Å²) in [5.41, 5.74) is 0.723. The van der Waals surface area contributed by atoms with Crippen LogP contribution in [0.2, 0.25) is 0 Å². The summed E-state index contributed by atoms with van der Waals surface area (Å²) in [5.74, 6) is 0.664. The predicted molar refractivity (Wildman–Crippen MR) is 93.9 cm³/mol. The number of urea groups is 1. The van der Waals surface area contributed by atoms with Gasteiger partial charge in [0.1, 0.15) is 0 Å². The van der Waals surface area contributed by atoms with Crippen LogP contribution in [0.15, 0.2) is 16.8 Å². The van der Waals surface area contributed by atoms with E-state index in [1.54, 1.807) is 0 Å². The van der Waals surface area contributed by atoms with Gasteiger partial charge in [-0.25, -0.2) is 4.79 Å². The first-order chi connectivity index (χ1) is 11.1. The van der Waals surface area contributed by atoms with Crippen LogP contribution >= 0.6 is 11.3 Å². The normalized spacial score (nSPS) is 15.7. The van der Waals surface area contributed by atoms with Gasteiger partial charge in [-0.2, -0.15) is 11.3 Å². The molecule has 3 amide bonds. The Morgan fingerprint density at radius 1 is 1.35 bits per heavy atom.